The van der Waals surface area contributed by atoms with Crippen molar-refractivity contribution in [3.8, 4) is 0 Å². The van der Waals surface area contributed by atoms with Crippen molar-refractivity contribution in [2.24, 2.45) is 50.7 Å². The molecule has 6 nitrogen and oxygen atoms in total. The average Bonchev–Trinajstić information content (AvgIpc) is 3.27. The van der Waals surface area contributed by atoms with Gasteiger partial charge in [0.1, 0.15) is 18.0 Å². The zero-order valence-corrected chi connectivity index (χ0v) is 23.1. The van der Waals surface area contributed by atoms with Crippen LogP contribution in [0.1, 0.15) is 93.4 Å². The minimum Gasteiger partial charge on any atom is -0.393 e. The van der Waals surface area contributed by atoms with E-state index in [0.29, 0.717) is 18.1 Å². The van der Waals surface area contributed by atoms with E-state index in [1.165, 1.54) is 0 Å². The minimum absolute atomic E-state index is 0.0381. The molecule has 13 atom stereocenters. The van der Waals surface area contributed by atoms with Crippen LogP contribution in [-0.2, 0) is 14.3 Å². The Morgan fingerprint density at radius 2 is 1.64 bits per heavy atom. The second-order valence-corrected chi connectivity index (χ2v) is 15.8. The third-order valence-electron chi connectivity index (χ3n) is 14.0. The van der Waals surface area contributed by atoms with Gasteiger partial charge in [0, 0.05) is 28.6 Å². The molecule has 6 heteroatoms. The monoisotopic (exact) mass is 502 g/mol. The Kier molecular flexibility index (Phi) is 4.38. The number of aliphatic hydroxyl groups excluding tert-OH is 2. The molecule has 0 aromatic heterocycles. The van der Waals surface area contributed by atoms with E-state index in [9.17, 15) is 20.1 Å². The molecule has 3 spiro atoms. The highest BCUT2D eigenvalue weighted by atomic mass is 16.8. The van der Waals surface area contributed by atoms with E-state index in [1.54, 1.807) is 13.8 Å². The van der Waals surface area contributed by atoms with Crippen LogP contribution in [0.15, 0.2) is 0 Å². The van der Waals surface area contributed by atoms with Crippen LogP contribution < -0.4 is 0 Å². The number of carbonyl (C=O) groups excluding carboxylic acids is 1. The second kappa shape index (κ2) is 6.43. The molecule has 3 N–H and O–H groups in total. The molecule has 7 aliphatic rings. The van der Waals surface area contributed by atoms with Crippen LogP contribution in [0.2, 0.25) is 0 Å². The molecule has 7 rings (SSSR count). The zero-order valence-electron chi connectivity index (χ0n) is 23.1. The van der Waals surface area contributed by atoms with Gasteiger partial charge in [-0.1, -0.05) is 34.6 Å². The van der Waals surface area contributed by atoms with Crippen LogP contribution in [0.25, 0.3) is 0 Å². The van der Waals surface area contributed by atoms with Crippen molar-refractivity contribution in [3.63, 3.8) is 0 Å². The normalized spacial score (nSPS) is 62.6. The van der Waals surface area contributed by atoms with Crippen molar-refractivity contribution in [1.29, 1.82) is 0 Å². The summed E-state index contributed by atoms with van der Waals surface area (Å²) < 4.78 is 13.4. The summed E-state index contributed by atoms with van der Waals surface area (Å²) in [7, 11) is 0. The SMILES string of the molecule is CC1CC2OC3(OC2C(C)(C)O)C(O)C2(C)C4CCC5C(C)(C)C(=O)CCC56CC46CC(O)C2(C)C13. The Hall–Kier alpha value is -0.530. The van der Waals surface area contributed by atoms with Gasteiger partial charge in [-0.3, -0.25) is 4.79 Å². The summed E-state index contributed by atoms with van der Waals surface area (Å²) in [6, 6.07) is 0. The Morgan fingerprint density at radius 3 is 2.31 bits per heavy atom. The van der Waals surface area contributed by atoms with Gasteiger partial charge < -0.3 is 24.8 Å². The molecule has 0 aromatic rings. The van der Waals surface area contributed by atoms with Gasteiger partial charge in [-0.05, 0) is 81.0 Å². The standard InChI is InChI=1S/C30H46O6/c1-15-12-16-22(25(4,5)34)36-30(35-16)21(15)27(7)20(32)13-29-14-28(29)11-10-19(31)24(2,3)17(28)8-9-18(29)26(27,6)23(30)33/h15-18,20-23,32-34H,8-14H2,1-7H3. The summed E-state index contributed by atoms with van der Waals surface area (Å²) in [6.45, 7) is 14.5. The first-order chi connectivity index (χ1) is 16.5. The van der Waals surface area contributed by atoms with Crippen molar-refractivity contribution in [2.45, 2.75) is 129 Å². The lowest BCUT2D eigenvalue weighted by Crippen LogP contribution is -2.64. The van der Waals surface area contributed by atoms with Gasteiger partial charge in [0.05, 0.1) is 17.8 Å². The lowest BCUT2D eigenvalue weighted by molar-refractivity contribution is -0.283. The zero-order chi connectivity index (χ0) is 26.1. The van der Waals surface area contributed by atoms with E-state index < -0.39 is 40.5 Å². The molecule has 2 saturated heterocycles. The maximum Gasteiger partial charge on any atom is 0.199 e. The number of rotatable bonds is 1. The van der Waals surface area contributed by atoms with Gasteiger partial charge in [-0.2, -0.15) is 0 Å². The van der Waals surface area contributed by atoms with Gasteiger partial charge in [0.25, 0.3) is 0 Å². The van der Waals surface area contributed by atoms with Gasteiger partial charge in [0.15, 0.2) is 5.79 Å². The number of fused-ring (bicyclic) bond motifs is 4. The largest absolute Gasteiger partial charge is 0.393 e. The number of hydrogen-bond donors (Lipinski definition) is 3. The van der Waals surface area contributed by atoms with Crippen LogP contribution >= 0.6 is 0 Å². The fourth-order valence-corrected chi connectivity index (χ4v) is 12.5. The summed E-state index contributed by atoms with van der Waals surface area (Å²) in [5, 5.41) is 35.6. The maximum absolute atomic E-state index is 13.0. The molecule has 13 unspecified atom stereocenters. The van der Waals surface area contributed by atoms with Crippen LogP contribution in [0.3, 0.4) is 0 Å². The Bertz CT molecular complexity index is 1030. The smallest absolute Gasteiger partial charge is 0.199 e. The fourth-order valence-electron chi connectivity index (χ4n) is 12.5. The van der Waals surface area contributed by atoms with Crippen molar-refractivity contribution in [3.05, 3.63) is 0 Å². The van der Waals surface area contributed by atoms with E-state index in [0.717, 1.165) is 38.5 Å². The predicted octanol–water partition coefficient (Wildman–Crippen LogP) is 3.84. The Labute approximate surface area is 215 Å². The number of aliphatic hydroxyl groups is 3. The van der Waals surface area contributed by atoms with E-state index in [1.807, 2.05) is 0 Å². The highest BCUT2D eigenvalue weighted by molar-refractivity contribution is 5.86. The summed E-state index contributed by atoms with van der Waals surface area (Å²) in [4.78, 5) is 13.0. The quantitative estimate of drug-likeness (QED) is 0.504. The lowest BCUT2D eigenvalue weighted by Gasteiger charge is -2.64. The number of hydrogen-bond acceptors (Lipinski definition) is 6. The van der Waals surface area contributed by atoms with Gasteiger partial charge in [0.2, 0.25) is 0 Å². The number of ketones is 1. The van der Waals surface area contributed by atoms with Crippen LogP contribution in [0.4, 0.5) is 0 Å². The van der Waals surface area contributed by atoms with Gasteiger partial charge in [-0.25, -0.2) is 0 Å². The highest BCUT2D eigenvalue weighted by Gasteiger charge is 2.89. The number of Topliss-reactive ketones (excluding diaryl/α,β-unsaturated/α-hetero) is 1. The fraction of sp³-hybridized carbons (Fsp3) is 0.967. The van der Waals surface area contributed by atoms with Gasteiger partial charge >= 0.3 is 0 Å². The number of carbonyl (C=O) groups is 1. The van der Waals surface area contributed by atoms with Crippen molar-refractivity contribution >= 4 is 5.78 Å². The van der Waals surface area contributed by atoms with E-state index in [-0.39, 0.29) is 40.1 Å². The molecule has 36 heavy (non-hydrogen) atoms. The number of ether oxygens (including phenoxy) is 2. The van der Waals surface area contributed by atoms with E-state index in [2.05, 4.69) is 34.6 Å². The van der Waals surface area contributed by atoms with Crippen molar-refractivity contribution < 1.29 is 29.6 Å². The maximum atomic E-state index is 13.0. The van der Waals surface area contributed by atoms with Gasteiger partial charge in [-0.15, -0.1) is 0 Å². The first-order valence-electron chi connectivity index (χ1n) is 14.5. The first kappa shape index (κ1) is 24.5. The lowest BCUT2D eigenvalue weighted by atomic mass is 9.40. The third kappa shape index (κ3) is 2.24. The summed E-state index contributed by atoms with van der Waals surface area (Å²) >= 11 is 0. The molecular formula is C30H46O6. The summed E-state index contributed by atoms with van der Waals surface area (Å²) in [6.07, 6.45) is 3.85. The summed E-state index contributed by atoms with van der Waals surface area (Å²) in [5.41, 5.74) is -2.52. The first-order valence-corrected chi connectivity index (χ1v) is 14.5. The minimum atomic E-state index is -1.20. The molecule has 0 radical (unpaired) electrons. The topological polar surface area (TPSA) is 96.2 Å². The average molecular weight is 503 g/mol. The molecule has 2 bridgehead atoms. The second-order valence-electron chi connectivity index (χ2n) is 15.8. The molecule has 5 aliphatic carbocycles. The van der Waals surface area contributed by atoms with Crippen LogP contribution in [-0.4, -0.2) is 56.9 Å². The highest BCUT2D eigenvalue weighted by Crippen LogP contribution is 2.89. The molecular weight excluding hydrogens is 456 g/mol. The van der Waals surface area contributed by atoms with Crippen molar-refractivity contribution in [1.82, 2.24) is 0 Å². The molecule has 202 valence electrons. The molecule has 0 aromatic carbocycles. The van der Waals surface area contributed by atoms with Crippen LogP contribution in [0.5, 0.6) is 0 Å². The molecule has 5 saturated carbocycles. The Balaban J connectivity index is 1.36. The van der Waals surface area contributed by atoms with E-state index in [4.69, 9.17) is 9.47 Å². The van der Waals surface area contributed by atoms with Crippen LogP contribution in [0, 0.1) is 50.7 Å². The predicted molar refractivity (Wildman–Crippen MR) is 133 cm³/mol. The molecule has 2 aliphatic heterocycles. The van der Waals surface area contributed by atoms with Crippen molar-refractivity contribution in [2.75, 3.05) is 0 Å². The molecule has 0 amide bonds. The summed E-state index contributed by atoms with van der Waals surface area (Å²) in [5.74, 6) is -0.183. The third-order valence-corrected chi connectivity index (χ3v) is 14.0. The molecule has 7 fully saturated rings. The molecule has 2 heterocycles. The van der Waals surface area contributed by atoms with E-state index >= 15 is 0 Å². The Morgan fingerprint density at radius 1 is 0.972 bits per heavy atom.